The Morgan fingerprint density at radius 3 is 2.50 bits per heavy atom. The summed E-state index contributed by atoms with van der Waals surface area (Å²) in [5.74, 6) is 0.244. The number of hydrogen-bond acceptors (Lipinski definition) is 2. The lowest BCUT2D eigenvalue weighted by Crippen LogP contribution is -2.28. The highest BCUT2D eigenvalue weighted by Gasteiger charge is 2.12. The van der Waals surface area contributed by atoms with Crippen LogP contribution in [0.4, 0.5) is 4.39 Å². The third-order valence-electron chi connectivity index (χ3n) is 3.38. The molecule has 2 rings (SSSR count). The van der Waals surface area contributed by atoms with Crippen LogP contribution in [0, 0.1) is 5.82 Å². The second-order valence-electron chi connectivity index (χ2n) is 5.06. The molecule has 0 fully saturated rings. The zero-order chi connectivity index (χ0) is 15.9. The first-order valence-electron chi connectivity index (χ1n) is 7.35. The number of carbonyl (C=O) groups is 1. The summed E-state index contributed by atoms with van der Waals surface area (Å²) in [5, 5.41) is 2.88. The van der Waals surface area contributed by atoms with Crippen molar-refractivity contribution in [2.45, 2.75) is 26.3 Å². The lowest BCUT2D eigenvalue weighted by molar-refractivity contribution is -0.121. The Hall–Kier alpha value is -2.36. The molecule has 1 atom stereocenters. The van der Waals surface area contributed by atoms with E-state index in [1.165, 1.54) is 6.07 Å². The Balaban J connectivity index is 1.94. The fraction of sp³-hybridized carbons (Fsp3) is 0.278. The molecule has 0 aliphatic rings. The number of benzene rings is 2. The Bertz CT molecular complexity index is 625. The summed E-state index contributed by atoms with van der Waals surface area (Å²) in [6.45, 7) is 4.45. The molecule has 1 N–H and O–H groups in total. The average Bonchev–Trinajstić information content (AvgIpc) is 2.50. The number of amides is 1. The standard InChI is InChI=1S/C18H20FNO2/c1-3-22-16-10-8-14(9-11-16)13(2)20-18(21)12-15-6-4-5-7-17(15)19/h4-11,13H,3,12H2,1-2H3,(H,20,21). The molecule has 0 heterocycles. The molecule has 4 heteroatoms. The molecule has 0 saturated heterocycles. The maximum atomic E-state index is 13.5. The van der Waals surface area contributed by atoms with E-state index in [-0.39, 0.29) is 24.2 Å². The van der Waals surface area contributed by atoms with Gasteiger partial charge < -0.3 is 10.1 Å². The Morgan fingerprint density at radius 1 is 1.18 bits per heavy atom. The van der Waals surface area contributed by atoms with Gasteiger partial charge in [0.1, 0.15) is 11.6 Å². The number of halogens is 1. The van der Waals surface area contributed by atoms with Crippen LogP contribution in [0.15, 0.2) is 48.5 Å². The third kappa shape index (κ3) is 4.32. The van der Waals surface area contributed by atoms with Crippen LogP contribution in [0.5, 0.6) is 5.75 Å². The second-order valence-corrected chi connectivity index (χ2v) is 5.06. The lowest BCUT2D eigenvalue weighted by atomic mass is 10.1. The van der Waals surface area contributed by atoms with Crippen molar-refractivity contribution in [1.82, 2.24) is 5.32 Å². The van der Waals surface area contributed by atoms with Crippen LogP contribution in [0.2, 0.25) is 0 Å². The molecule has 0 aromatic heterocycles. The quantitative estimate of drug-likeness (QED) is 0.884. The maximum Gasteiger partial charge on any atom is 0.225 e. The molecule has 0 aliphatic heterocycles. The first-order chi connectivity index (χ1) is 10.6. The summed E-state index contributed by atoms with van der Waals surface area (Å²) in [6, 6.07) is 13.7. The average molecular weight is 301 g/mol. The van der Waals surface area contributed by atoms with Crippen LogP contribution in [-0.2, 0) is 11.2 Å². The van der Waals surface area contributed by atoms with Crippen LogP contribution < -0.4 is 10.1 Å². The van der Waals surface area contributed by atoms with Gasteiger partial charge in [0.2, 0.25) is 5.91 Å². The summed E-state index contributed by atoms with van der Waals surface area (Å²) in [6.07, 6.45) is 0.0358. The minimum Gasteiger partial charge on any atom is -0.494 e. The van der Waals surface area contributed by atoms with Gasteiger partial charge in [-0.1, -0.05) is 30.3 Å². The van der Waals surface area contributed by atoms with Gasteiger partial charge in [-0.15, -0.1) is 0 Å². The van der Waals surface area contributed by atoms with Crippen LogP contribution in [0.1, 0.15) is 31.0 Å². The fourth-order valence-corrected chi connectivity index (χ4v) is 2.21. The fourth-order valence-electron chi connectivity index (χ4n) is 2.21. The van der Waals surface area contributed by atoms with E-state index in [9.17, 15) is 9.18 Å². The molecule has 0 saturated carbocycles. The van der Waals surface area contributed by atoms with Crippen molar-refractivity contribution in [2.75, 3.05) is 6.61 Å². The molecule has 1 unspecified atom stereocenters. The molecular formula is C18H20FNO2. The predicted molar refractivity (Wildman–Crippen MR) is 84.3 cm³/mol. The van der Waals surface area contributed by atoms with Gasteiger partial charge in [0.25, 0.3) is 0 Å². The molecule has 0 aliphatic carbocycles. The van der Waals surface area contributed by atoms with E-state index in [1.807, 2.05) is 38.1 Å². The molecule has 0 bridgehead atoms. The normalized spacial score (nSPS) is 11.8. The Kier molecular flexibility index (Phi) is 5.53. The highest BCUT2D eigenvalue weighted by Crippen LogP contribution is 2.18. The molecule has 1 amide bonds. The summed E-state index contributed by atoms with van der Waals surface area (Å²) >= 11 is 0. The van der Waals surface area contributed by atoms with Crippen molar-refractivity contribution in [1.29, 1.82) is 0 Å². The van der Waals surface area contributed by atoms with E-state index in [0.29, 0.717) is 12.2 Å². The van der Waals surface area contributed by atoms with Crippen molar-refractivity contribution in [3.05, 3.63) is 65.5 Å². The molecule has 2 aromatic rings. The summed E-state index contributed by atoms with van der Waals surface area (Å²) in [7, 11) is 0. The molecule has 0 radical (unpaired) electrons. The van der Waals surface area contributed by atoms with Crippen molar-refractivity contribution >= 4 is 5.91 Å². The van der Waals surface area contributed by atoms with E-state index in [1.54, 1.807) is 18.2 Å². The Morgan fingerprint density at radius 2 is 1.86 bits per heavy atom. The first-order valence-corrected chi connectivity index (χ1v) is 7.35. The molecule has 116 valence electrons. The molecule has 3 nitrogen and oxygen atoms in total. The number of ether oxygens (including phenoxy) is 1. The number of nitrogens with one attached hydrogen (secondary N) is 1. The summed E-state index contributed by atoms with van der Waals surface area (Å²) < 4.78 is 18.9. The van der Waals surface area contributed by atoms with E-state index >= 15 is 0 Å². The van der Waals surface area contributed by atoms with Crippen molar-refractivity contribution in [3.63, 3.8) is 0 Å². The smallest absolute Gasteiger partial charge is 0.225 e. The van der Waals surface area contributed by atoms with Gasteiger partial charge >= 0.3 is 0 Å². The third-order valence-corrected chi connectivity index (χ3v) is 3.38. The van der Waals surface area contributed by atoms with Gasteiger partial charge in [-0.2, -0.15) is 0 Å². The highest BCUT2D eigenvalue weighted by atomic mass is 19.1. The van der Waals surface area contributed by atoms with E-state index in [4.69, 9.17) is 4.74 Å². The predicted octanol–water partition coefficient (Wildman–Crippen LogP) is 3.64. The highest BCUT2D eigenvalue weighted by molar-refractivity contribution is 5.79. The minimum atomic E-state index is -0.355. The topological polar surface area (TPSA) is 38.3 Å². The minimum absolute atomic E-state index is 0.0358. The monoisotopic (exact) mass is 301 g/mol. The van der Waals surface area contributed by atoms with Crippen LogP contribution in [0.25, 0.3) is 0 Å². The van der Waals surface area contributed by atoms with Crippen LogP contribution >= 0.6 is 0 Å². The summed E-state index contributed by atoms with van der Waals surface area (Å²) in [5.41, 5.74) is 1.38. The van der Waals surface area contributed by atoms with Gasteiger partial charge in [-0.3, -0.25) is 4.79 Å². The zero-order valence-electron chi connectivity index (χ0n) is 12.8. The first kappa shape index (κ1) is 16.0. The zero-order valence-corrected chi connectivity index (χ0v) is 12.8. The van der Waals surface area contributed by atoms with Crippen molar-refractivity contribution in [3.8, 4) is 5.75 Å². The van der Waals surface area contributed by atoms with Gasteiger partial charge in [-0.25, -0.2) is 4.39 Å². The molecule has 2 aromatic carbocycles. The largest absolute Gasteiger partial charge is 0.494 e. The number of hydrogen-bond donors (Lipinski definition) is 1. The van der Waals surface area contributed by atoms with Gasteiger partial charge in [0.15, 0.2) is 0 Å². The van der Waals surface area contributed by atoms with Gasteiger partial charge in [-0.05, 0) is 43.2 Å². The van der Waals surface area contributed by atoms with E-state index < -0.39 is 0 Å². The number of carbonyl (C=O) groups excluding carboxylic acids is 1. The van der Waals surface area contributed by atoms with Crippen LogP contribution in [-0.4, -0.2) is 12.5 Å². The molecular weight excluding hydrogens is 281 g/mol. The van der Waals surface area contributed by atoms with Crippen molar-refractivity contribution < 1.29 is 13.9 Å². The second kappa shape index (κ2) is 7.59. The Labute approximate surface area is 130 Å². The van der Waals surface area contributed by atoms with E-state index in [2.05, 4.69) is 5.32 Å². The maximum absolute atomic E-state index is 13.5. The van der Waals surface area contributed by atoms with Gasteiger partial charge in [0.05, 0.1) is 19.1 Å². The SMILES string of the molecule is CCOc1ccc(C(C)NC(=O)Cc2ccccc2F)cc1. The molecule has 22 heavy (non-hydrogen) atoms. The van der Waals surface area contributed by atoms with Crippen LogP contribution in [0.3, 0.4) is 0 Å². The lowest BCUT2D eigenvalue weighted by Gasteiger charge is -2.15. The van der Waals surface area contributed by atoms with Gasteiger partial charge in [0, 0.05) is 0 Å². The number of rotatable bonds is 6. The molecule has 0 spiro atoms. The van der Waals surface area contributed by atoms with E-state index in [0.717, 1.165) is 11.3 Å². The summed E-state index contributed by atoms with van der Waals surface area (Å²) in [4.78, 5) is 12.0. The van der Waals surface area contributed by atoms with Crippen molar-refractivity contribution in [2.24, 2.45) is 0 Å².